The van der Waals surface area contributed by atoms with Crippen molar-refractivity contribution in [3.63, 3.8) is 0 Å². The van der Waals surface area contributed by atoms with Gasteiger partial charge in [0.2, 0.25) is 5.91 Å². The van der Waals surface area contributed by atoms with Gasteiger partial charge in [0.1, 0.15) is 5.82 Å². The molecule has 0 aromatic heterocycles. The van der Waals surface area contributed by atoms with Gasteiger partial charge in [0.05, 0.1) is 18.8 Å². The van der Waals surface area contributed by atoms with Gasteiger partial charge in [-0.3, -0.25) is 4.79 Å². The van der Waals surface area contributed by atoms with Crippen LogP contribution in [0.3, 0.4) is 0 Å². The lowest BCUT2D eigenvalue weighted by Crippen LogP contribution is -2.30. The molecule has 1 aromatic carbocycles. The maximum absolute atomic E-state index is 12.8. The zero-order valence-corrected chi connectivity index (χ0v) is 11.6. The van der Waals surface area contributed by atoms with Crippen LogP contribution in [-0.2, 0) is 9.53 Å². The molecule has 1 rings (SSSR count). The normalized spacial score (nSPS) is 10.3. The van der Waals surface area contributed by atoms with Gasteiger partial charge in [-0.05, 0) is 40.8 Å². The molecule has 1 amide bonds. The number of hydrogen-bond donors (Lipinski definition) is 2. The smallest absolute Gasteiger partial charge is 0.238 e. The van der Waals surface area contributed by atoms with Crippen LogP contribution < -0.4 is 10.6 Å². The Morgan fingerprint density at radius 1 is 1.53 bits per heavy atom. The number of carbonyl (C=O) groups excluding carboxylic acids is 1. The van der Waals surface area contributed by atoms with E-state index in [9.17, 15) is 9.18 Å². The third kappa shape index (κ3) is 5.42. The van der Waals surface area contributed by atoms with E-state index in [0.29, 0.717) is 22.4 Å². The molecule has 0 heterocycles. The van der Waals surface area contributed by atoms with Crippen molar-refractivity contribution in [1.82, 2.24) is 5.32 Å². The van der Waals surface area contributed by atoms with Gasteiger partial charge in [-0.15, -0.1) is 0 Å². The van der Waals surface area contributed by atoms with E-state index in [1.807, 2.05) is 22.6 Å². The second kappa shape index (κ2) is 7.57. The van der Waals surface area contributed by atoms with Gasteiger partial charge in [0, 0.05) is 17.2 Å². The molecule has 0 saturated carbocycles. The van der Waals surface area contributed by atoms with Crippen molar-refractivity contribution in [2.24, 2.45) is 0 Å². The Morgan fingerprint density at radius 3 is 2.94 bits per heavy atom. The Bertz CT molecular complexity index is 388. The average molecular weight is 352 g/mol. The number of rotatable bonds is 6. The van der Waals surface area contributed by atoms with Crippen LogP contribution in [0.5, 0.6) is 0 Å². The highest BCUT2D eigenvalue weighted by Gasteiger charge is 2.05. The van der Waals surface area contributed by atoms with Crippen molar-refractivity contribution in [3.05, 3.63) is 27.6 Å². The van der Waals surface area contributed by atoms with Crippen LogP contribution in [-0.4, -0.2) is 32.7 Å². The summed E-state index contributed by atoms with van der Waals surface area (Å²) in [5.41, 5.74) is 0.616. The van der Waals surface area contributed by atoms with Gasteiger partial charge in [-0.25, -0.2) is 4.39 Å². The highest BCUT2D eigenvalue weighted by atomic mass is 127. The van der Waals surface area contributed by atoms with Crippen LogP contribution in [0.1, 0.15) is 0 Å². The Hall–Kier alpha value is -0.730. The monoisotopic (exact) mass is 352 g/mol. The molecule has 0 aliphatic heterocycles. The Labute approximate surface area is 113 Å². The lowest BCUT2D eigenvalue weighted by Gasteiger charge is -2.08. The number of anilines is 1. The molecular formula is C11H14FIN2O2. The van der Waals surface area contributed by atoms with Crippen LogP contribution in [0.4, 0.5) is 10.1 Å². The summed E-state index contributed by atoms with van der Waals surface area (Å²) in [6, 6.07) is 4.23. The highest BCUT2D eigenvalue weighted by molar-refractivity contribution is 14.1. The Kier molecular flexibility index (Phi) is 6.38. The predicted molar refractivity (Wildman–Crippen MR) is 72.5 cm³/mol. The number of halogens is 2. The van der Waals surface area contributed by atoms with Crippen LogP contribution in [0.25, 0.3) is 0 Å². The van der Waals surface area contributed by atoms with E-state index in [0.717, 1.165) is 0 Å². The molecule has 0 bridgehead atoms. The molecule has 0 unspecified atom stereocenters. The standard InChI is InChI=1S/C11H14FIN2O2/c1-17-5-4-14-7-11(16)15-10-3-2-8(12)6-9(10)13/h2-3,6,14H,4-5,7H2,1H3,(H,15,16). The van der Waals surface area contributed by atoms with Crippen molar-refractivity contribution in [1.29, 1.82) is 0 Å². The van der Waals surface area contributed by atoms with Crippen molar-refractivity contribution in [3.8, 4) is 0 Å². The summed E-state index contributed by atoms with van der Waals surface area (Å²) in [5, 5.41) is 5.62. The maximum atomic E-state index is 12.8. The van der Waals surface area contributed by atoms with Crippen molar-refractivity contribution in [2.45, 2.75) is 0 Å². The molecule has 4 nitrogen and oxygen atoms in total. The molecule has 0 atom stereocenters. The Morgan fingerprint density at radius 2 is 2.29 bits per heavy atom. The second-order valence-corrected chi connectivity index (χ2v) is 4.50. The number of benzene rings is 1. The number of nitrogens with one attached hydrogen (secondary N) is 2. The van der Waals surface area contributed by atoms with Crippen molar-refractivity contribution >= 4 is 34.2 Å². The topological polar surface area (TPSA) is 50.4 Å². The molecule has 0 radical (unpaired) electrons. The van der Waals surface area contributed by atoms with Crippen LogP contribution in [0.15, 0.2) is 18.2 Å². The molecule has 17 heavy (non-hydrogen) atoms. The van der Waals surface area contributed by atoms with Crippen molar-refractivity contribution < 1.29 is 13.9 Å². The first-order chi connectivity index (χ1) is 8.13. The second-order valence-electron chi connectivity index (χ2n) is 3.34. The molecule has 0 saturated heterocycles. The van der Waals surface area contributed by atoms with E-state index in [4.69, 9.17) is 4.74 Å². The van der Waals surface area contributed by atoms with Crippen molar-refractivity contribution in [2.75, 3.05) is 32.1 Å². The first-order valence-electron chi connectivity index (χ1n) is 5.08. The van der Waals surface area contributed by atoms with Gasteiger partial charge in [-0.1, -0.05) is 0 Å². The number of carbonyl (C=O) groups is 1. The minimum atomic E-state index is -0.314. The van der Waals surface area contributed by atoms with E-state index in [1.165, 1.54) is 12.1 Å². The van der Waals surface area contributed by atoms with Crippen LogP contribution in [0, 0.1) is 9.39 Å². The van der Waals surface area contributed by atoms with Gasteiger partial charge in [-0.2, -0.15) is 0 Å². The molecule has 1 aromatic rings. The molecule has 2 N–H and O–H groups in total. The van der Waals surface area contributed by atoms with Gasteiger partial charge in [0.25, 0.3) is 0 Å². The highest BCUT2D eigenvalue weighted by Crippen LogP contribution is 2.18. The molecule has 6 heteroatoms. The van der Waals surface area contributed by atoms with Gasteiger partial charge < -0.3 is 15.4 Å². The van der Waals surface area contributed by atoms with E-state index >= 15 is 0 Å². The summed E-state index contributed by atoms with van der Waals surface area (Å²) in [6.07, 6.45) is 0. The fraction of sp³-hybridized carbons (Fsp3) is 0.364. The van der Waals surface area contributed by atoms with Crippen LogP contribution in [0.2, 0.25) is 0 Å². The van der Waals surface area contributed by atoms with E-state index in [1.54, 1.807) is 13.2 Å². The molecule has 0 aliphatic carbocycles. The molecule has 0 fully saturated rings. The molecule has 0 aliphatic rings. The van der Waals surface area contributed by atoms with E-state index in [-0.39, 0.29) is 18.3 Å². The summed E-state index contributed by atoms with van der Waals surface area (Å²) in [6.45, 7) is 1.38. The first-order valence-corrected chi connectivity index (χ1v) is 6.16. The Balaban J connectivity index is 2.40. The minimum Gasteiger partial charge on any atom is -0.383 e. The fourth-order valence-corrected chi connectivity index (χ4v) is 1.77. The summed E-state index contributed by atoms with van der Waals surface area (Å²) in [7, 11) is 1.60. The number of amides is 1. The lowest BCUT2D eigenvalue weighted by molar-refractivity contribution is -0.115. The first kappa shape index (κ1) is 14.3. The molecule has 0 spiro atoms. The summed E-state index contributed by atoms with van der Waals surface area (Å²) in [4.78, 5) is 11.5. The maximum Gasteiger partial charge on any atom is 0.238 e. The third-order valence-electron chi connectivity index (χ3n) is 1.97. The number of ether oxygens (including phenoxy) is 1. The minimum absolute atomic E-state index is 0.161. The summed E-state index contributed by atoms with van der Waals surface area (Å²) in [5.74, 6) is -0.476. The average Bonchev–Trinajstić information content (AvgIpc) is 2.28. The lowest BCUT2D eigenvalue weighted by atomic mass is 10.3. The summed E-state index contributed by atoms with van der Waals surface area (Å²) >= 11 is 1.98. The molecule has 94 valence electrons. The van der Waals surface area contributed by atoms with E-state index in [2.05, 4.69) is 10.6 Å². The van der Waals surface area contributed by atoms with Gasteiger partial charge in [0.15, 0.2) is 0 Å². The number of methoxy groups -OCH3 is 1. The van der Waals surface area contributed by atoms with Gasteiger partial charge >= 0.3 is 0 Å². The van der Waals surface area contributed by atoms with E-state index < -0.39 is 0 Å². The number of hydrogen-bond acceptors (Lipinski definition) is 3. The summed E-state index contributed by atoms with van der Waals surface area (Å²) < 4.78 is 18.3. The SMILES string of the molecule is COCCNCC(=O)Nc1ccc(F)cc1I. The predicted octanol–water partition coefficient (Wildman–Crippen LogP) is 1.60. The van der Waals surface area contributed by atoms with Crippen LogP contribution >= 0.6 is 22.6 Å². The third-order valence-corrected chi connectivity index (χ3v) is 2.87. The zero-order chi connectivity index (χ0) is 12.7. The largest absolute Gasteiger partial charge is 0.383 e. The molecular weight excluding hydrogens is 338 g/mol. The quantitative estimate of drug-likeness (QED) is 0.604. The fourth-order valence-electron chi connectivity index (χ4n) is 1.16. The zero-order valence-electron chi connectivity index (χ0n) is 9.43.